The average Bonchev–Trinajstić information content (AvgIpc) is 3.33. The Labute approximate surface area is 181 Å². The largest absolute Gasteiger partial charge is 0.374 e. The average molecular weight is 423 g/mol. The molecule has 2 amide bonds. The van der Waals surface area contributed by atoms with E-state index in [0.717, 1.165) is 5.56 Å². The number of amides is 2. The van der Waals surface area contributed by atoms with Crippen LogP contribution < -0.4 is 10.2 Å². The van der Waals surface area contributed by atoms with Crippen molar-refractivity contribution in [2.45, 2.75) is 19.4 Å². The topological polar surface area (TPSA) is 58.6 Å². The number of anilines is 1. The van der Waals surface area contributed by atoms with Crippen LogP contribution >= 0.6 is 11.3 Å². The summed E-state index contributed by atoms with van der Waals surface area (Å²) in [7, 11) is 1.69. The van der Waals surface area contributed by atoms with Crippen LogP contribution in [0.1, 0.15) is 45.0 Å². The second kappa shape index (κ2) is 10.7. The van der Waals surface area contributed by atoms with Gasteiger partial charge in [-0.25, -0.2) is 0 Å². The molecule has 156 valence electrons. The summed E-state index contributed by atoms with van der Waals surface area (Å²) in [5, 5.41) is 4.79. The smallest absolute Gasteiger partial charge is 0.268 e. The van der Waals surface area contributed by atoms with E-state index in [9.17, 15) is 9.59 Å². The number of carbonyl (C=O) groups excluding carboxylic acids is 2. The molecule has 2 aromatic carbocycles. The van der Waals surface area contributed by atoms with Gasteiger partial charge in [0.25, 0.3) is 11.8 Å². The Bertz CT molecular complexity index is 958. The van der Waals surface area contributed by atoms with E-state index in [2.05, 4.69) is 5.32 Å². The standard InChI is InChI=1S/C24H26N2O3S/c1-18(19-10-4-3-5-11-19)29-16-9-15-25-23(27)20-12-6-7-13-21(20)26(2)24(28)22-14-8-17-30-22/h3-8,10-14,17-18H,9,15-16H2,1-2H3,(H,25,27). The SMILES string of the molecule is CC(OCCCNC(=O)c1ccccc1N(C)C(=O)c1cccs1)c1ccccc1. The number of rotatable bonds is 9. The number of hydrogen-bond donors (Lipinski definition) is 1. The van der Waals surface area contributed by atoms with Crippen molar-refractivity contribution in [3.05, 3.63) is 88.1 Å². The van der Waals surface area contributed by atoms with Gasteiger partial charge in [-0.1, -0.05) is 48.5 Å². The van der Waals surface area contributed by atoms with E-state index >= 15 is 0 Å². The maximum atomic E-state index is 12.7. The zero-order valence-electron chi connectivity index (χ0n) is 17.2. The number of benzene rings is 2. The highest BCUT2D eigenvalue weighted by molar-refractivity contribution is 7.12. The summed E-state index contributed by atoms with van der Waals surface area (Å²) in [6.45, 7) is 3.07. The zero-order valence-corrected chi connectivity index (χ0v) is 18.0. The number of nitrogens with zero attached hydrogens (tertiary/aromatic N) is 1. The minimum absolute atomic E-state index is 0.0135. The molecule has 0 saturated carbocycles. The number of thiophene rings is 1. The van der Waals surface area contributed by atoms with Crippen LogP contribution in [0.25, 0.3) is 0 Å². The third kappa shape index (κ3) is 5.55. The molecule has 3 rings (SSSR count). The first-order valence-corrected chi connectivity index (χ1v) is 10.8. The van der Waals surface area contributed by atoms with Crippen molar-refractivity contribution in [2.75, 3.05) is 25.1 Å². The van der Waals surface area contributed by atoms with Gasteiger partial charge >= 0.3 is 0 Å². The molecule has 1 N–H and O–H groups in total. The number of para-hydroxylation sites is 1. The Hall–Kier alpha value is -2.96. The van der Waals surface area contributed by atoms with Crippen LogP contribution in [0.3, 0.4) is 0 Å². The molecule has 0 aliphatic heterocycles. The minimum Gasteiger partial charge on any atom is -0.374 e. The molecule has 3 aromatic rings. The van der Waals surface area contributed by atoms with Crippen LogP contribution in [0.15, 0.2) is 72.1 Å². The van der Waals surface area contributed by atoms with Crippen LogP contribution in [0.2, 0.25) is 0 Å². The summed E-state index contributed by atoms with van der Waals surface area (Å²) in [4.78, 5) is 27.5. The second-order valence-corrected chi connectivity index (χ2v) is 7.84. The van der Waals surface area contributed by atoms with E-state index in [1.54, 1.807) is 31.3 Å². The van der Waals surface area contributed by atoms with Crippen LogP contribution in [-0.4, -0.2) is 32.0 Å². The molecule has 1 heterocycles. The first-order valence-electron chi connectivity index (χ1n) is 9.93. The van der Waals surface area contributed by atoms with Gasteiger partial charge in [0.15, 0.2) is 0 Å². The predicted molar refractivity (Wildman–Crippen MR) is 121 cm³/mol. The maximum absolute atomic E-state index is 12.7. The molecule has 0 radical (unpaired) electrons. The summed E-state index contributed by atoms with van der Waals surface area (Å²) >= 11 is 1.38. The Morgan fingerprint density at radius 2 is 1.77 bits per heavy atom. The summed E-state index contributed by atoms with van der Waals surface area (Å²) < 4.78 is 5.85. The van der Waals surface area contributed by atoms with E-state index in [-0.39, 0.29) is 17.9 Å². The van der Waals surface area contributed by atoms with Crippen molar-refractivity contribution >= 4 is 28.8 Å². The number of hydrogen-bond acceptors (Lipinski definition) is 4. The maximum Gasteiger partial charge on any atom is 0.268 e. The lowest BCUT2D eigenvalue weighted by Gasteiger charge is -2.20. The minimum atomic E-state index is -0.201. The van der Waals surface area contributed by atoms with Crippen molar-refractivity contribution < 1.29 is 14.3 Å². The van der Waals surface area contributed by atoms with Crippen molar-refractivity contribution in [2.24, 2.45) is 0 Å². The molecular weight excluding hydrogens is 396 g/mol. The molecule has 1 aromatic heterocycles. The highest BCUT2D eigenvalue weighted by Gasteiger charge is 2.20. The Kier molecular flexibility index (Phi) is 7.76. The van der Waals surface area contributed by atoms with E-state index in [0.29, 0.717) is 35.7 Å². The van der Waals surface area contributed by atoms with Gasteiger partial charge in [0.05, 0.1) is 22.2 Å². The first-order chi connectivity index (χ1) is 14.6. The van der Waals surface area contributed by atoms with E-state index in [1.165, 1.54) is 16.2 Å². The summed E-state index contributed by atoms with van der Waals surface area (Å²) in [6.07, 6.45) is 0.717. The van der Waals surface area contributed by atoms with Gasteiger partial charge in [-0.15, -0.1) is 11.3 Å². The summed E-state index contributed by atoms with van der Waals surface area (Å²) in [5.74, 6) is -0.332. The van der Waals surface area contributed by atoms with E-state index < -0.39 is 0 Å². The lowest BCUT2D eigenvalue weighted by Crippen LogP contribution is -2.31. The van der Waals surface area contributed by atoms with Crippen molar-refractivity contribution in [3.63, 3.8) is 0 Å². The molecule has 1 unspecified atom stereocenters. The van der Waals surface area contributed by atoms with Gasteiger partial charge in [0.1, 0.15) is 0 Å². The molecule has 1 atom stereocenters. The predicted octanol–water partition coefficient (Wildman–Crippen LogP) is 4.92. The molecular formula is C24H26N2O3S. The van der Waals surface area contributed by atoms with Gasteiger partial charge in [-0.3, -0.25) is 9.59 Å². The molecule has 5 nitrogen and oxygen atoms in total. The molecule has 6 heteroatoms. The second-order valence-electron chi connectivity index (χ2n) is 6.89. The van der Waals surface area contributed by atoms with Crippen molar-refractivity contribution in [1.29, 1.82) is 0 Å². The Morgan fingerprint density at radius 3 is 2.50 bits per heavy atom. The molecule has 0 bridgehead atoms. The highest BCUT2D eigenvalue weighted by Crippen LogP contribution is 2.22. The van der Waals surface area contributed by atoms with Crippen molar-refractivity contribution in [1.82, 2.24) is 5.32 Å². The molecule has 0 saturated heterocycles. The fraction of sp³-hybridized carbons (Fsp3) is 0.250. The zero-order chi connectivity index (χ0) is 21.3. The summed E-state index contributed by atoms with van der Waals surface area (Å²) in [6, 6.07) is 20.8. The van der Waals surface area contributed by atoms with Crippen LogP contribution in [-0.2, 0) is 4.74 Å². The first kappa shape index (κ1) is 21.7. The lowest BCUT2D eigenvalue weighted by atomic mass is 10.1. The van der Waals surface area contributed by atoms with Crippen molar-refractivity contribution in [3.8, 4) is 0 Å². The molecule has 0 aliphatic carbocycles. The Morgan fingerprint density at radius 1 is 1.03 bits per heavy atom. The van der Waals surface area contributed by atoms with Gasteiger partial charge < -0.3 is 15.0 Å². The van der Waals surface area contributed by atoms with E-state index in [1.807, 2.05) is 54.8 Å². The van der Waals surface area contributed by atoms with Crippen LogP contribution in [0.4, 0.5) is 5.69 Å². The monoisotopic (exact) mass is 422 g/mol. The quantitative estimate of drug-likeness (QED) is 0.498. The van der Waals surface area contributed by atoms with E-state index in [4.69, 9.17) is 4.74 Å². The number of nitrogens with one attached hydrogen (secondary N) is 1. The number of ether oxygens (including phenoxy) is 1. The third-order valence-electron chi connectivity index (χ3n) is 4.79. The van der Waals surface area contributed by atoms with Gasteiger partial charge in [0.2, 0.25) is 0 Å². The Balaban J connectivity index is 1.51. The van der Waals surface area contributed by atoms with Gasteiger partial charge in [-0.05, 0) is 42.5 Å². The lowest BCUT2D eigenvalue weighted by molar-refractivity contribution is 0.0635. The summed E-state index contributed by atoms with van der Waals surface area (Å²) in [5.41, 5.74) is 2.19. The number of carbonyl (C=O) groups is 2. The molecule has 0 aliphatic rings. The molecule has 30 heavy (non-hydrogen) atoms. The highest BCUT2D eigenvalue weighted by atomic mass is 32.1. The molecule has 0 fully saturated rings. The fourth-order valence-electron chi connectivity index (χ4n) is 3.08. The fourth-order valence-corrected chi connectivity index (χ4v) is 3.78. The van der Waals surface area contributed by atoms with Gasteiger partial charge in [-0.2, -0.15) is 0 Å². The molecule has 0 spiro atoms. The van der Waals surface area contributed by atoms with Crippen LogP contribution in [0, 0.1) is 0 Å². The van der Waals surface area contributed by atoms with Gasteiger partial charge in [0, 0.05) is 20.2 Å². The normalized spacial score (nSPS) is 11.7. The van der Waals surface area contributed by atoms with Crippen LogP contribution in [0.5, 0.6) is 0 Å². The third-order valence-corrected chi connectivity index (χ3v) is 5.65.